The lowest BCUT2D eigenvalue weighted by atomic mass is 9.95. The zero-order valence-electron chi connectivity index (χ0n) is 22.2. The van der Waals surface area contributed by atoms with Gasteiger partial charge in [0.05, 0.1) is 31.1 Å². The molecule has 2 aromatic heterocycles. The van der Waals surface area contributed by atoms with Crippen molar-refractivity contribution in [1.29, 1.82) is 0 Å². The Hall–Kier alpha value is -3.80. The highest BCUT2D eigenvalue weighted by atomic mass is 35.5. The lowest BCUT2D eigenvalue weighted by molar-refractivity contribution is -0.117. The van der Waals surface area contributed by atoms with Gasteiger partial charge >= 0.3 is 0 Å². The fraction of sp³-hybridized carbons (Fsp3) is 0.241. The number of aromatic nitrogens is 2. The molecule has 2 aromatic carbocycles. The van der Waals surface area contributed by atoms with Crippen molar-refractivity contribution in [2.75, 3.05) is 18.1 Å². The van der Waals surface area contributed by atoms with Gasteiger partial charge in [-0.1, -0.05) is 59.8 Å². The number of nitrogens with zero attached hydrogens (tertiary/aromatic N) is 3. The number of benzene rings is 2. The van der Waals surface area contributed by atoms with Gasteiger partial charge in [-0.25, -0.2) is 0 Å². The first-order valence-electron chi connectivity index (χ1n) is 12.9. The van der Waals surface area contributed by atoms with Crippen LogP contribution in [0, 0.1) is 0 Å². The van der Waals surface area contributed by atoms with E-state index in [9.17, 15) is 14.7 Å². The van der Waals surface area contributed by atoms with E-state index in [2.05, 4.69) is 10.2 Å². The summed E-state index contributed by atoms with van der Waals surface area (Å²) in [6, 6.07) is 14.7. The molecule has 1 N–H and O–H groups in total. The fourth-order valence-electron chi connectivity index (χ4n) is 4.27. The van der Waals surface area contributed by atoms with Crippen LogP contribution >= 0.6 is 34.7 Å². The summed E-state index contributed by atoms with van der Waals surface area (Å²) in [6.45, 7) is 4.73. The summed E-state index contributed by atoms with van der Waals surface area (Å²) in [6.07, 6.45) is 2.17. The number of amides is 1. The highest BCUT2D eigenvalue weighted by Gasteiger charge is 2.47. The number of thioether (sulfide) groups is 1. The number of rotatable bonds is 12. The van der Waals surface area contributed by atoms with Gasteiger partial charge in [-0.2, -0.15) is 0 Å². The molecule has 0 saturated heterocycles. The molecule has 1 aliphatic rings. The van der Waals surface area contributed by atoms with Crippen molar-refractivity contribution in [3.8, 4) is 11.5 Å². The number of hydrogen-bond donors (Lipinski definition) is 1. The number of furan rings is 1. The highest BCUT2D eigenvalue weighted by Crippen LogP contribution is 2.45. The molecule has 5 rings (SSSR count). The summed E-state index contributed by atoms with van der Waals surface area (Å²) < 4.78 is 17.6. The van der Waals surface area contributed by atoms with Gasteiger partial charge in [-0.15, -0.1) is 10.2 Å². The van der Waals surface area contributed by atoms with E-state index >= 15 is 0 Å². The van der Waals surface area contributed by atoms with Crippen molar-refractivity contribution in [2.24, 2.45) is 0 Å². The number of aliphatic hydroxyl groups is 1. The molecule has 0 radical (unpaired) electrons. The van der Waals surface area contributed by atoms with Gasteiger partial charge in [-0.05, 0) is 60.9 Å². The number of halogens is 1. The van der Waals surface area contributed by atoms with E-state index in [1.165, 1.54) is 40.3 Å². The summed E-state index contributed by atoms with van der Waals surface area (Å²) in [7, 11) is 0. The van der Waals surface area contributed by atoms with Crippen molar-refractivity contribution in [2.45, 2.75) is 36.4 Å². The van der Waals surface area contributed by atoms with Crippen LogP contribution in [0.1, 0.15) is 48.0 Å². The Bertz CT molecular complexity index is 1570. The summed E-state index contributed by atoms with van der Waals surface area (Å²) in [5.41, 5.74) is 1.45. The predicted molar refractivity (Wildman–Crippen MR) is 157 cm³/mol. The minimum absolute atomic E-state index is 0.00407. The highest BCUT2D eigenvalue weighted by molar-refractivity contribution is 8.00. The molecule has 4 aromatic rings. The molecular weight excluding hydrogens is 586 g/mol. The molecule has 0 saturated carbocycles. The molecule has 9 nitrogen and oxygen atoms in total. The molecule has 12 heteroatoms. The Morgan fingerprint density at radius 1 is 1.12 bits per heavy atom. The molecule has 1 atom stereocenters. The number of hydrogen-bond acceptors (Lipinski definition) is 10. The third-order valence-corrected chi connectivity index (χ3v) is 8.50. The Morgan fingerprint density at radius 3 is 2.63 bits per heavy atom. The number of ketones is 1. The van der Waals surface area contributed by atoms with Crippen molar-refractivity contribution < 1.29 is 28.6 Å². The molecule has 1 unspecified atom stereocenters. The Labute approximate surface area is 249 Å². The first-order chi connectivity index (χ1) is 19.9. The molecule has 0 aliphatic carbocycles. The third kappa shape index (κ3) is 6.12. The van der Waals surface area contributed by atoms with Gasteiger partial charge < -0.3 is 19.0 Å². The zero-order valence-corrected chi connectivity index (χ0v) is 24.6. The van der Waals surface area contributed by atoms with Crippen LogP contribution in [0.3, 0.4) is 0 Å². The fourth-order valence-corrected chi connectivity index (χ4v) is 6.22. The lowest BCUT2D eigenvalue weighted by Crippen LogP contribution is -2.31. The first-order valence-corrected chi connectivity index (χ1v) is 15.0. The third-order valence-electron chi connectivity index (χ3n) is 6.12. The minimum Gasteiger partial charge on any atom is -0.503 e. The van der Waals surface area contributed by atoms with Crippen LogP contribution in [-0.4, -0.2) is 40.2 Å². The van der Waals surface area contributed by atoms with Gasteiger partial charge in [0.15, 0.2) is 27.4 Å². The molecule has 41 heavy (non-hydrogen) atoms. The van der Waals surface area contributed by atoms with Gasteiger partial charge in [-0.3, -0.25) is 14.5 Å². The summed E-state index contributed by atoms with van der Waals surface area (Å²) in [4.78, 5) is 28.3. The van der Waals surface area contributed by atoms with Gasteiger partial charge in [0.2, 0.25) is 10.9 Å². The normalized spacial score (nSPS) is 15.0. The van der Waals surface area contributed by atoms with E-state index in [1.807, 2.05) is 38.1 Å². The summed E-state index contributed by atoms with van der Waals surface area (Å²) >= 11 is 8.62. The topological polar surface area (TPSA) is 115 Å². The molecule has 0 spiro atoms. The van der Waals surface area contributed by atoms with Crippen LogP contribution in [0.15, 0.2) is 80.9 Å². The number of aliphatic hydroxyl groups excluding tert-OH is 1. The van der Waals surface area contributed by atoms with Gasteiger partial charge in [0, 0.05) is 10.8 Å². The summed E-state index contributed by atoms with van der Waals surface area (Å²) in [5, 5.41) is 20.4. The van der Waals surface area contributed by atoms with E-state index in [-0.39, 0.29) is 16.5 Å². The maximum Gasteiger partial charge on any atom is 0.296 e. The molecule has 0 bridgehead atoms. The van der Waals surface area contributed by atoms with E-state index in [0.717, 1.165) is 12.0 Å². The molecular formula is C29H26ClN3O6S2. The monoisotopic (exact) mass is 611 g/mol. The van der Waals surface area contributed by atoms with E-state index < -0.39 is 23.5 Å². The SMILES string of the molecule is CCCOc1ccc(C2C(C(=O)c3ccco3)=C(O)C(=O)N2c2nnc(SCc3ccc(Cl)cc3)s2)cc1OCC. The second kappa shape index (κ2) is 12.8. The lowest BCUT2D eigenvalue weighted by Gasteiger charge is -2.24. The predicted octanol–water partition coefficient (Wildman–Crippen LogP) is 7.05. The van der Waals surface area contributed by atoms with Crippen LogP contribution in [-0.2, 0) is 10.5 Å². The van der Waals surface area contributed by atoms with E-state index in [1.54, 1.807) is 24.3 Å². The standard InChI is InChI=1S/C29H26ClN3O6S2/c1-3-13-38-20-12-9-18(15-22(20)37-4-2)24-23(25(34)21-6-5-14-39-21)26(35)27(36)33(24)28-31-32-29(41-28)40-16-17-7-10-19(30)11-8-17/h5-12,14-15,24,35H,3-4,13,16H2,1-2H3. The average molecular weight is 612 g/mol. The smallest absolute Gasteiger partial charge is 0.296 e. The molecule has 1 amide bonds. The molecule has 0 fully saturated rings. The first kappa shape index (κ1) is 28.7. The number of ether oxygens (including phenoxy) is 2. The van der Waals surface area contributed by atoms with Gasteiger partial charge in [0.25, 0.3) is 5.91 Å². The summed E-state index contributed by atoms with van der Waals surface area (Å²) in [5.74, 6) is -0.442. The van der Waals surface area contributed by atoms with Crippen molar-refractivity contribution in [1.82, 2.24) is 10.2 Å². The largest absolute Gasteiger partial charge is 0.503 e. The maximum atomic E-state index is 13.5. The van der Waals surface area contributed by atoms with E-state index in [4.69, 9.17) is 25.5 Å². The second-order valence-corrected chi connectivity index (χ2v) is 11.5. The van der Waals surface area contributed by atoms with Crippen molar-refractivity contribution in [3.63, 3.8) is 0 Å². The van der Waals surface area contributed by atoms with Crippen molar-refractivity contribution >= 4 is 51.5 Å². The number of Topliss-reactive ketones (excluding diaryl/α,β-unsaturated/α-hetero) is 1. The Balaban J connectivity index is 1.52. The molecule has 1 aliphatic heterocycles. The zero-order chi connectivity index (χ0) is 28.9. The Kier molecular flexibility index (Phi) is 8.96. The Morgan fingerprint density at radius 2 is 1.93 bits per heavy atom. The molecule has 3 heterocycles. The number of carbonyl (C=O) groups is 2. The van der Waals surface area contributed by atoms with Crippen LogP contribution in [0.4, 0.5) is 5.13 Å². The maximum absolute atomic E-state index is 13.5. The van der Waals surface area contributed by atoms with Crippen molar-refractivity contribution in [3.05, 3.63) is 94.1 Å². The van der Waals surface area contributed by atoms with Crippen LogP contribution in [0.2, 0.25) is 5.02 Å². The molecule has 212 valence electrons. The average Bonchev–Trinajstić information content (AvgIpc) is 3.73. The van der Waals surface area contributed by atoms with Crippen LogP contribution < -0.4 is 14.4 Å². The van der Waals surface area contributed by atoms with Crippen LogP contribution in [0.25, 0.3) is 0 Å². The quantitative estimate of drug-likeness (QED) is 0.102. The minimum atomic E-state index is -1.01. The number of carbonyl (C=O) groups excluding carboxylic acids is 2. The number of anilines is 1. The second-order valence-electron chi connectivity index (χ2n) is 8.90. The van der Waals surface area contributed by atoms with Crippen LogP contribution in [0.5, 0.6) is 11.5 Å². The van der Waals surface area contributed by atoms with E-state index in [0.29, 0.717) is 45.4 Å². The van der Waals surface area contributed by atoms with Gasteiger partial charge in [0.1, 0.15) is 0 Å².